The van der Waals surface area contributed by atoms with Gasteiger partial charge in [-0.25, -0.2) is 4.98 Å². The Labute approximate surface area is 148 Å². The first-order valence-corrected chi connectivity index (χ1v) is 8.68. The summed E-state index contributed by atoms with van der Waals surface area (Å²) in [5, 5.41) is 6.42. The van der Waals surface area contributed by atoms with Crippen molar-refractivity contribution in [2.75, 3.05) is 19.0 Å². The Morgan fingerprint density at radius 2 is 2.32 bits per heavy atom. The molecular weight excluding hydrogens is 318 g/mol. The molecule has 0 unspecified atom stereocenters. The van der Waals surface area contributed by atoms with Crippen LogP contribution in [0.25, 0.3) is 11.3 Å². The second kappa shape index (κ2) is 7.70. The second-order valence-electron chi connectivity index (χ2n) is 6.79. The zero-order chi connectivity index (χ0) is 17.8. The van der Waals surface area contributed by atoms with E-state index in [1.54, 1.807) is 19.4 Å². The number of nitrogens with zero attached hydrogens (tertiary/aromatic N) is 1. The third-order valence-corrected chi connectivity index (χ3v) is 4.85. The van der Waals surface area contributed by atoms with E-state index in [1.165, 1.54) is 6.39 Å². The van der Waals surface area contributed by atoms with Crippen LogP contribution >= 0.6 is 0 Å². The summed E-state index contributed by atoms with van der Waals surface area (Å²) < 4.78 is 10.7. The maximum absolute atomic E-state index is 12.4. The molecule has 0 bridgehead atoms. The number of ether oxygens (including phenoxy) is 1. The Balaban J connectivity index is 1.67. The fourth-order valence-electron chi connectivity index (χ4n) is 3.54. The number of rotatable bonds is 6. The largest absolute Gasteiger partial charge is 0.496 e. The van der Waals surface area contributed by atoms with E-state index >= 15 is 0 Å². The van der Waals surface area contributed by atoms with Gasteiger partial charge < -0.3 is 19.8 Å². The van der Waals surface area contributed by atoms with Crippen LogP contribution in [0.4, 0.5) is 5.69 Å². The molecule has 0 spiro atoms. The topological polar surface area (TPSA) is 76.4 Å². The molecule has 1 saturated heterocycles. The van der Waals surface area contributed by atoms with Crippen molar-refractivity contribution in [2.24, 2.45) is 11.8 Å². The maximum Gasteiger partial charge on any atom is 0.225 e. The van der Waals surface area contributed by atoms with Crippen molar-refractivity contribution in [3.8, 4) is 17.1 Å². The highest BCUT2D eigenvalue weighted by Gasteiger charge is 2.30. The number of amides is 1. The van der Waals surface area contributed by atoms with Gasteiger partial charge in [0.2, 0.25) is 5.91 Å². The quantitative estimate of drug-likeness (QED) is 0.841. The van der Waals surface area contributed by atoms with Crippen molar-refractivity contribution < 1.29 is 13.9 Å². The lowest BCUT2D eigenvalue weighted by atomic mass is 9.87. The third kappa shape index (κ3) is 4.02. The van der Waals surface area contributed by atoms with Gasteiger partial charge in [0.1, 0.15) is 5.75 Å². The minimum Gasteiger partial charge on any atom is -0.496 e. The number of oxazole rings is 1. The van der Waals surface area contributed by atoms with Crippen molar-refractivity contribution in [2.45, 2.75) is 32.7 Å². The van der Waals surface area contributed by atoms with Crippen molar-refractivity contribution in [1.29, 1.82) is 0 Å². The number of methoxy groups -OCH3 is 1. The van der Waals surface area contributed by atoms with Crippen molar-refractivity contribution >= 4 is 11.6 Å². The van der Waals surface area contributed by atoms with Gasteiger partial charge in [0.05, 0.1) is 18.9 Å². The number of benzene rings is 1. The zero-order valence-electron chi connectivity index (χ0n) is 14.9. The van der Waals surface area contributed by atoms with Crippen LogP contribution in [0.3, 0.4) is 0 Å². The number of hydrogen-bond acceptors (Lipinski definition) is 5. The normalized spacial score (nSPS) is 20.0. The van der Waals surface area contributed by atoms with E-state index < -0.39 is 0 Å². The molecule has 6 heteroatoms. The summed E-state index contributed by atoms with van der Waals surface area (Å²) in [7, 11) is 1.59. The average Bonchev–Trinajstić information content (AvgIpc) is 3.26. The highest BCUT2D eigenvalue weighted by atomic mass is 16.5. The molecule has 1 aliphatic heterocycles. The Morgan fingerprint density at radius 1 is 1.48 bits per heavy atom. The Hall–Kier alpha value is -2.34. The molecular formula is C19H25N3O3. The van der Waals surface area contributed by atoms with Crippen LogP contribution in [0.15, 0.2) is 35.2 Å². The Morgan fingerprint density at radius 3 is 3.00 bits per heavy atom. The van der Waals surface area contributed by atoms with E-state index in [9.17, 15) is 4.79 Å². The lowest BCUT2D eigenvalue weighted by molar-refractivity contribution is -0.116. The summed E-state index contributed by atoms with van der Waals surface area (Å²) >= 11 is 0. The van der Waals surface area contributed by atoms with E-state index in [2.05, 4.69) is 29.5 Å². The molecule has 2 atom stereocenters. The number of carbonyl (C=O) groups excluding carboxylic acids is 1. The predicted octanol–water partition coefficient (Wildman–Crippen LogP) is 3.31. The van der Waals surface area contributed by atoms with Crippen LogP contribution in [-0.4, -0.2) is 30.6 Å². The molecule has 1 aliphatic rings. The van der Waals surface area contributed by atoms with Gasteiger partial charge in [-0.1, -0.05) is 13.8 Å². The lowest BCUT2D eigenvalue weighted by Crippen LogP contribution is -2.33. The van der Waals surface area contributed by atoms with Crippen LogP contribution in [0.2, 0.25) is 0 Å². The SMILES string of the molecule is COc1cc(NC(=O)C[C@@H]2NCC[C@@H]2C(C)C)ccc1-c1cnco1. The van der Waals surface area contributed by atoms with E-state index in [0.29, 0.717) is 35.5 Å². The smallest absolute Gasteiger partial charge is 0.225 e. The third-order valence-electron chi connectivity index (χ3n) is 4.85. The van der Waals surface area contributed by atoms with Gasteiger partial charge >= 0.3 is 0 Å². The van der Waals surface area contributed by atoms with Crippen LogP contribution in [0.5, 0.6) is 5.75 Å². The first-order valence-electron chi connectivity index (χ1n) is 8.68. The minimum atomic E-state index is 0.0134. The van der Waals surface area contributed by atoms with Gasteiger partial charge in [0.25, 0.3) is 0 Å². The molecule has 1 aromatic carbocycles. The number of anilines is 1. The zero-order valence-corrected chi connectivity index (χ0v) is 14.9. The van der Waals surface area contributed by atoms with Gasteiger partial charge in [-0.15, -0.1) is 0 Å². The molecule has 0 saturated carbocycles. The van der Waals surface area contributed by atoms with Gasteiger partial charge in [0.15, 0.2) is 12.2 Å². The molecule has 2 N–H and O–H groups in total. The van der Waals surface area contributed by atoms with E-state index in [1.807, 2.05) is 12.1 Å². The van der Waals surface area contributed by atoms with Crippen molar-refractivity contribution in [1.82, 2.24) is 10.3 Å². The number of aromatic nitrogens is 1. The van der Waals surface area contributed by atoms with Crippen molar-refractivity contribution in [3.05, 3.63) is 30.8 Å². The maximum atomic E-state index is 12.4. The van der Waals surface area contributed by atoms with Gasteiger partial charge in [-0.2, -0.15) is 0 Å². The second-order valence-corrected chi connectivity index (χ2v) is 6.79. The van der Waals surface area contributed by atoms with Crippen molar-refractivity contribution in [3.63, 3.8) is 0 Å². The molecule has 1 amide bonds. The fraction of sp³-hybridized carbons (Fsp3) is 0.474. The van der Waals surface area contributed by atoms with E-state index in [-0.39, 0.29) is 11.9 Å². The lowest BCUT2D eigenvalue weighted by Gasteiger charge is -2.22. The highest BCUT2D eigenvalue weighted by Crippen LogP contribution is 2.32. The molecule has 25 heavy (non-hydrogen) atoms. The Kier molecular flexibility index (Phi) is 5.38. The number of carbonyl (C=O) groups is 1. The molecule has 134 valence electrons. The molecule has 1 fully saturated rings. The minimum absolute atomic E-state index is 0.0134. The molecule has 6 nitrogen and oxygen atoms in total. The first kappa shape index (κ1) is 17.5. The first-order chi connectivity index (χ1) is 12.1. The average molecular weight is 343 g/mol. The summed E-state index contributed by atoms with van der Waals surface area (Å²) in [6.45, 7) is 5.42. The molecule has 1 aromatic heterocycles. The number of nitrogens with one attached hydrogen (secondary N) is 2. The summed E-state index contributed by atoms with van der Waals surface area (Å²) in [5.74, 6) is 2.40. The van der Waals surface area contributed by atoms with E-state index in [0.717, 1.165) is 18.5 Å². The van der Waals surface area contributed by atoms with Gasteiger partial charge in [0, 0.05) is 24.2 Å². The highest BCUT2D eigenvalue weighted by molar-refractivity contribution is 5.92. The Bertz CT molecular complexity index is 713. The van der Waals surface area contributed by atoms with Gasteiger partial charge in [-0.05, 0) is 36.9 Å². The summed E-state index contributed by atoms with van der Waals surface area (Å²) in [5.41, 5.74) is 1.51. The van der Waals surface area contributed by atoms with E-state index in [4.69, 9.17) is 9.15 Å². The molecule has 2 aromatic rings. The number of hydrogen-bond donors (Lipinski definition) is 2. The van der Waals surface area contributed by atoms with Gasteiger partial charge in [-0.3, -0.25) is 4.79 Å². The summed E-state index contributed by atoms with van der Waals surface area (Å²) in [6, 6.07) is 5.76. The molecule has 0 aliphatic carbocycles. The molecule has 2 heterocycles. The summed E-state index contributed by atoms with van der Waals surface area (Å²) in [4.78, 5) is 16.4. The van der Waals surface area contributed by atoms with Crippen LogP contribution in [0.1, 0.15) is 26.7 Å². The standard InChI is InChI=1S/C19H25N3O3/c1-12(2)14-6-7-21-16(14)9-19(23)22-13-4-5-15(17(8-13)24-3)18-10-20-11-25-18/h4-5,8,10-12,14,16,21H,6-7,9H2,1-3H3,(H,22,23)/t14-,16+/m1/s1. The predicted molar refractivity (Wildman–Crippen MR) is 96.5 cm³/mol. The van der Waals surface area contributed by atoms with Crippen LogP contribution in [0, 0.1) is 11.8 Å². The fourth-order valence-corrected chi connectivity index (χ4v) is 3.54. The molecule has 3 rings (SSSR count). The molecule has 0 radical (unpaired) electrons. The van der Waals surface area contributed by atoms with Crippen LogP contribution < -0.4 is 15.4 Å². The monoisotopic (exact) mass is 343 g/mol. The van der Waals surface area contributed by atoms with Crippen LogP contribution in [-0.2, 0) is 4.79 Å². The summed E-state index contributed by atoms with van der Waals surface area (Å²) in [6.07, 6.45) is 4.63.